The smallest absolute Gasteiger partial charge is 0.0844 e. The largest absolute Gasteiger partial charge is 0.377 e. The Balaban J connectivity index is 2.39. The van der Waals surface area contributed by atoms with Crippen molar-refractivity contribution < 1.29 is 4.74 Å². The summed E-state index contributed by atoms with van der Waals surface area (Å²) in [5.74, 6) is 5.76. The standard InChI is InChI=1S/C15H30N2O/c1-3-4-5-6-8-11-14(17-16)15(18-2)12-9-7-10-13-15/h3,14,17H,1,4-13,16H2,2H3. The van der Waals surface area contributed by atoms with Crippen molar-refractivity contribution >= 4 is 0 Å². The predicted octanol–water partition coefficient (Wildman–Crippen LogP) is 3.30. The van der Waals surface area contributed by atoms with Gasteiger partial charge in [-0.05, 0) is 32.1 Å². The van der Waals surface area contributed by atoms with Crippen LogP contribution in [0.4, 0.5) is 0 Å². The van der Waals surface area contributed by atoms with Gasteiger partial charge in [0, 0.05) is 7.11 Å². The minimum atomic E-state index is -0.0224. The van der Waals surface area contributed by atoms with Crippen molar-refractivity contribution in [3.05, 3.63) is 12.7 Å². The van der Waals surface area contributed by atoms with Crippen molar-refractivity contribution in [1.82, 2.24) is 5.43 Å². The molecule has 106 valence electrons. The molecule has 3 N–H and O–H groups in total. The van der Waals surface area contributed by atoms with Crippen molar-refractivity contribution in [1.29, 1.82) is 0 Å². The molecule has 18 heavy (non-hydrogen) atoms. The van der Waals surface area contributed by atoms with Gasteiger partial charge in [0.25, 0.3) is 0 Å². The Kier molecular flexibility index (Phi) is 7.56. The molecule has 0 spiro atoms. The summed E-state index contributed by atoms with van der Waals surface area (Å²) < 4.78 is 5.85. The number of hydrazine groups is 1. The zero-order valence-electron chi connectivity index (χ0n) is 11.9. The van der Waals surface area contributed by atoms with Crippen LogP contribution in [-0.4, -0.2) is 18.8 Å². The normalized spacial score (nSPS) is 20.6. The third kappa shape index (κ3) is 4.38. The van der Waals surface area contributed by atoms with Crippen LogP contribution in [0.2, 0.25) is 0 Å². The van der Waals surface area contributed by atoms with E-state index in [-0.39, 0.29) is 5.60 Å². The first kappa shape index (κ1) is 15.7. The first-order chi connectivity index (χ1) is 8.79. The molecule has 1 aliphatic carbocycles. The van der Waals surface area contributed by atoms with Crippen LogP contribution in [-0.2, 0) is 4.74 Å². The van der Waals surface area contributed by atoms with Gasteiger partial charge in [0.15, 0.2) is 0 Å². The summed E-state index contributed by atoms with van der Waals surface area (Å²) in [6.07, 6.45) is 14.1. The number of allylic oxidation sites excluding steroid dienone is 1. The Hall–Kier alpha value is -0.380. The molecule has 1 unspecified atom stereocenters. The lowest BCUT2D eigenvalue weighted by Gasteiger charge is -2.42. The van der Waals surface area contributed by atoms with Gasteiger partial charge in [0.1, 0.15) is 0 Å². The molecule has 0 aliphatic heterocycles. The maximum absolute atomic E-state index is 5.85. The van der Waals surface area contributed by atoms with Gasteiger partial charge in [0.2, 0.25) is 0 Å². The highest BCUT2D eigenvalue weighted by atomic mass is 16.5. The first-order valence-corrected chi connectivity index (χ1v) is 7.41. The van der Waals surface area contributed by atoms with Crippen LogP contribution in [0, 0.1) is 0 Å². The molecule has 0 heterocycles. The van der Waals surface area contributed by atoms with E-state index in [1.807, 2.05) is 13.2 Å². The van der Waals surface area contributed by atoms with Crippen molar-refractivity contribution in [2.45, 2.75) is 75.9 Å². The van der Waals surface area contributed by atoms with Gasteiger partial charge in [-0.15, -0.1) is 6.58 Å². The Morgan fingerprint density at radius 2 is 2.00 bits per heavy atom. The van der Waals surface area contributed by atoms with E-state index in [1.165, 1.54) is 38.5 Å². The maximum atomic E-state index is 5.85. The average Bonchev–Trinajstić information content (AvgIpc) is 2.43. The first-order valence-electron chi connectivity index (χ1n) is 7.41. The number of nitrogens with two attached hydrogens (primary N) is 1. The molecule has 0 radical (unpaired) electrons. The van der Waals surface area contributed by atoms with E-state index in [1.54, 1.807) is 0 Å². The molecule has 0 aromatic carbocycles. The number of hydrogen-bond acceptors (Lipinski definition) is 3. The van der Waals surface area contributed by atoms with Crippen LogP contribution in [0.3, 0.4) is 0 Å². The van der Waals surface area contributed by atoms with Crippen LogP contribution >= 0.6 is 0 Å². The summed E-state index contributed by atoms with van der Waals surface area (Å²) in [7, 11) is 1.84. The molecule has 0 aromatic heterocycles. The highest BCUT2D eigenvalue weighted by molar-refractivity contribution is 4.94. The van der Waals surface area contributed by atoms with E-state index in [0.717, 1.165) is 25.7 Å². The third-order valence-electron chi connectivity index (χ3n) is 4.34. The zero-order chi connectivity index (χ0) is 13.3. The molecule has 0 saturated heterocycles. The summed E-state index contributed by atoms with van der Waals surface area (Å²) >= 11 is 0. The fraction of sp³-hybridized carbons (Fsp3) is 0.867. The number of methoxy groups -OCH3 is 1. The van der Waals surface area contributed by atoms with E-state index in [4.69, 9.17) is 10.6 Å². The van der Waals surface area contributed by atoms with Crippen molar-refractivity contribution in [3.63, 3.8) is 0 Å². The Bertz CT molecular complexity index is 225. The molecule has 1 atom stereocenters. The molecule has 0 bridgehead atoms. The SMILES string of the molecule is C=CCCCCCC(NN)C1(OC)CCCCC1. The lowest BCUT2D eigenvalue weighted by molar-refractivity contribution is -0.0698. The quantitative estimate of drug-likeness (QED) is 0.287. The third-order valence-corrected chi connectivity index (χ3v) is 4.34. The number of nitrogens with one attached hydrogen (secondary N) is 1. The van der Waals surface area contributed by atoms with E-state index in [9.17, 15) is 0 Å². The summed E-state index contributed by atoms with van der Waals surface area (Å²) in [4.78, 5) is 0. The second kappa shape index (κ2) is 8.68. The molecule has 3 nitrogen and oxygen atoms in total. The predicted molar refractivity (Wildman–Crippen MR) is 77.2 cm³/mol. The molecule has 0 amide bonds. The van der Waals surface area contributed by atoms with Crippen LogP contribution in [0.1, 0.15) is 64.2 Å². The Morgan fingerprint density at radius 1 is 1.28 bits per heavy atom. The Labute approximate surface area is 112 Å². The second-order valence-corrected chi connectivity index (χ2v) is 5.48. The van der Waals surface area contributed by atoms with Gasteiger partial charge in [-0.3, -0.25) is 11.3 Å². The summed E-state index contributed by atoms with van der Waals surface area (Å²) in [5, 5.41) is 0. The number of rotatable bonds is 9. The lowest BCUT2D eigenvalue weighted by atomic mass is 9.77. The van der Waals surface area contributed by atoms with Gasteiger partial charge in [0.05, 0.1) is 11.6 Å². The molecule has 1 fully saturated rings. The van der Waals surface area contributed by atoms with E-state index >= 15 is 0 Å². The summed E-state index contributed by atoms with van der Waals surface area (Å²) in [5.41, 5.74) is 2.99. The summed E-state index contributed by atoms with van der Waals surface area (Å²) in [6.45, 7) is 3.75. The van der Waals surface area contributed by atoms with Gasteiger partial charge in [-0.1, -0.05) is 38.2 Å². The molecular formula is C15H30N2O. The second-order valence-electron chi connectivity index (χ2n) is 5.48. The van der Waals surface area contributed by atoms with Crippen LogP contribution in [0.5, 0.6) is 0 Å². The van der Waals surface area contributed by atoms with Gasteiger partial charge < -0.3 is 4.74 Å². The van der Waals surface area contributed by atoms with E-state index < -0.39 is 0 Å². The van der Waals surface area contributed by atoms with Gasteiger partial charge in [-0.25, -0.2) is 0 Å². The zero-order valence-corrected chi connectivity index (χ0v) is 11.9. The van der Waals surface area contributed by atoms with E-state index in [0.29, 0.717) is 6.04 Å². The molecule has 3 heteroatoms. The monoisotopic (exact) mass is 254 g/mol. The summed E-state index contributed by atoms with van der Waals surface area (Å²) in [6, 6.07) is 0.298. The fourth-order valence-corrected chi connectivity index (χ4v) is 3.16. The fourth-order valence-electron chi connectivity index (χ4n) is 3.16. The van der Waals surface area contributed by atoms with E-state index in [2.05, 4.69) is 12.0 Å². The van der Waals surface area contributed by atoms with Crippen LogP contribution in [0.15, 0.2) is 12.7 Å². The van der Waals surface area contributed by atoms with Crippen molar-refractivity contribution in [3.8, 4) is 0 Å². The minimum Gasteiger partial charge on any atom is -0.377 e. The number of unbranched alkanes of at least 4 members (excludes halogenated alkanes) is 3. The average molecular weight is 254 g/mol. The maximum Gasteiger partial charge on any atom is 0.0844 e. The molecular weight excluding hydrogens is 224 g/mol. The highest BCUT2D eigenvalue weighted by Gasteiger charge is 2.39. The number of hydrogen-bond donors (Lipinski definition) is 2. The van der Waals surface area contributed by atoms with Crippen molar-refractivity contribution in [2.24, 2.45) is 5.84 Å². The lowest BCUT2D eigenvalue weighted by Crippen LogP contribution is -2.55. The molecule has 0 aromatic rings. The van der Waals surface area contributed by atoms with Crippen LogP contribution < -0.4 is 11.3 Å². The topological polar surface area (TPSA) is 47.3 Å². The van der Waals surface area contributed by atoms with Gasteiger partial charge in [-0.2, -0.15) is 0 Å². The number of ether oxygens (including phenoxy) is 1. The highest BCUT2D eigenvalue weighted by Crippen LogP contribution is 2.35. The Morgan fingerprint density at radius 3 is 2.56 bits per heavy atom. The van der Waals surface area contributed by atoms with Crippen molar-refractivity contribution in [2.75, 3.05) is 7.11 Å². The molecule has 1 rings (SSSR count). The van der Waals surface area contributed by atoms with Gasteiger partial charge >= 0.3 is 0 Å². The molecule has 1 saturated carbocycles. The molecule has 1 aliphatic rings. The van der Waals surface area contributed by atoms with Crippen LogP contribution in [0.25, 0.3) is 0 Å². The minimum absolute atomic E-state index is 0.0224.